The number of hydrogen-bond acceptors (Lipinski definition) is 1. The van der Waals surface area contributed by atoms with Crippen LogP contribution in [-0.2, 0) is 6.42 Å². The number of aromatic nitrogens is 2. The van der Waals surface area contributed by atoms with Crippen LogP contribution in [0.2, 0.25) is 0 Å². The van der Waals surface area contributed by atoms with Gasteiger partial charge in [-0.3, -0.25) is 4.57 Å². The smallest absolute Gasteiger partial charge is 0.114 e. The van der Waals surface area contributed by atoms with Crippen LogP contribution >= 0.6 is 0 Å². The van der Waals surface area contributed by atoms with Crippen LogP contribution in [0.5, 0.6) is 0 Å². The van der Waals surface area contributed by atoms with E-state index < -0.39 is 0 Å². The van der Waals surface area contributed by atoms with Gasteiger partial charge in [-0.2, -0.15) is 0 Å². The number of fused-ring (bicyclic) bond motifs is 4. The molecule has 1 aromatic heterocycles. The Morgan fingerprint density at radius 1 is 0.415 bits per heavy atom. The van der Waals surface area contributed by atoms with Crippen LogP contribution < -0.4 is 0 Å². The minimum Gasteiger partial charge on any atom is -0.296 e. The summed E-state index contributed by atoms with van der Waals surface area (Å²) in [5.41, 5.74) is 13.1. The third-order valence-electron chi connectivity index (χ3n) is 10.8. The Labute approximate surface area is 309 Å². The van der Waals surface area contributed by atoms with Gasteiger partial charge >= 0.3 is 0 Å². The van der Waals surface area contributed by atoms with E-state index in [0.717, 1.165) is 29.0 Å². The quantitative estimate of drug-likeness (QED) is 0.160. The minimum absolute atomic E-state index is 0.858. The topological polar surface area (TPSA) is 17.8 Å². The predicted octanol–water partition coefficient (Wildman–Crippen LogP) is 13.7. The highest BCUT2D eigenvalue weighted by atomic mass is 15.1. The number of benzene rings is 9. The summed E-state index contributed by atoms with van der Waals surface area (Å²) in [4.78, 5) is 4.95. The van der Waals surface area contributed by atoms with Crippen molar-refractivity contribution in [2.75, 3.05) is 0 Å². The van der Waals surface area contributed by atoms with Gasteiger partial charge in [0, 0.05) is 12.1 Å². The molecule has 0 aliphatic carbocycles. The highest BCUT2D eigenvalue weighted by Gasteiger charge is 2.19. The zero-order valence-electron chi connectivity index (χ0n) is 29.5. The Morgan fingerprint density at radius 3 is 1.72 bits per heavy atom. The molecule has 2 heteroatoms. The Morgan fingerprint density at radius 2 is 0.962 bits per heavy atom. The summed E-state index contributed by atoms with van der Waals surface area (Å²) < 4.78 is 2.30. The Balaban J connectivity index is 1.22. The second kappa shape index (κ2) is 12.8. The van der Waals surface area contributed by atoms with E-state index >= 15 is 0 Å². The maximum absolute atomic E-state index is 4.95. The molecule has 0 aliphatic heterocycles. The van der Waals surface area contributed by atoms with Gasteiger partial charge in [0.2, 0.25) is 0 Å². The maximum atomic E-state index is 4.95. The molecule has 0 fully saturated rings. The summed E-state index contributed by atoms with van der Waals surface area (Å²) in [5.74, 6) is 1.07. The van der Waals surface area contributed by atoms with Gasteiger partial charge in [-0.25, -0.2) is 4.98 Å². The largest absolute Gasteiger partial charge is 0.296 e. The predicted molar refractivity (Wildman–Crippen MR) is 225 cm³/mol. The number of nitrogens with zero attached hydrogens (tertiary/aromatic N) is 2. The van der Waals surface area contributed by atoms with Crippen LogP contribution in [0.25, 0.3) is 93.5 Å². The van der Waals surface area contributed by atoms with Crippen molar-refractivity contribution >= 4 is 43.4 Å². The average Bonchev–Trinajstić information content (AvgIpc) is 3.62. The van der Waals surface area contributed by atoms with E-state index in [1.807, 2.05) is 0 Å². The third-order valence-corrected chi connectivity index (χ3v) is 10.8. The van der Waals surface area contributed by atoms with E-state index in [4.69, 9.17) is 4.98 Å². The van der Waals surface area contributed by atoms with Gasteiger partial charge < -0.3 is 0 Å². The van der Waals surface area contributed by atoms with Crippen molar-refractivity contribution < 1.29 is 0 Å². The number of hydrogen-bond donors (Lipinski definition) is 0. The molecule has 10 aromatic rings. The molecule has 9 aromatic carbocycles. The fourth-order valence-electron chi connectivity index (χ4n) is 8.28. The molecule has 0 saturated carbocycles. The van der Waals surface area contributed by atoms with Gasteiger partial charge in [-0.1, -0.05) is 165 Å². The van der Waals surface area contributed by atoms with Gasteiger partial charge in [0.1, 0.15) is 5.82 Å². The first-order chi connectivity index (χ1) is 26.2. The summed E-state index contributed by atoms with van der Waals surface area (Å²) in [6.45, 7) is 2.18. The summed E-state index contributed by atoms with van der Waals surface area (Å²) in [6.07, 6.45) is 0.858. The van der Waals surface area contributed by atoms with Crippen molar-refractivity contribution in [2.24, 2.45) is 0 Å². The summed E-state index contributed by atoms with van der Waals surface area (Å²) in [6, 6.07) is 68.6. The second-order valence-electron chi connectivity index (χ2n) is 13.8. The maximum Gasteiger partial charge on any atom is 0.114 e. The van der Waals surface area contributed by atoms with Gasteiger partial charge in [-0.15, -0.1) is 0 Å². The summed E-state index contributed by atoms with van der Waals surface area (Å²) >= 11 is 0. The lowest BCUT2D eigenvalue weighted by Crippen LogP contribution is -2.00. The van der Waals surface area contributed by atoms with Crippen molar-refractivity contribution in [3.63, 3.8) is 0 Å². The van der Waals surface area contributed by atoms with Crippen molar-refractivity contribution in [2.45, 2.75) is 13.3 Å². The molecule has 0 amide bonds. The molecular weight excluding hydrogens is 641 g/mol. The Kier molecular flexibility index (Phi) is 7.47. The highest BCUT2D eigenvalue weighted by molar-refractivity contribution is 6.22. The van der Waals surface area contributed by atoms with E-state index in [1.165, 1.54) is 76.8 Å². The minimum atomic E-state index is 0.858. The zero-order valence-corrected chi connectivity index (χ0v) is 29.5. The third kappa shape index (κ3) is 5.22. The number of aryl methyl sites for hydroxylation is 1. The molecule has 0 atom stereocenters. The first-order valence-electron chi connectivity index (χ1n) is 18.4. The lowest BCUT2D eigenvalue weighted by atomic mass is 9.84. The average molecular weight is 677 g/mol. The van der Waals surface area contributed by atoms with Gasteiger partial charge in [0.15, 0.2) is 0 Å². The van der Waals surface area contributed by atoms with Gasteiger partial charge in [-0.05, 0) is 107 Å². The SMILES string of the molecule is CCc1nc2ccccc2n1-c1ccc(-c2c3ccccc3c(-c3ccc(-c4ccccc4)cc3)c3ccc(-c4cccc5ccccc45)cc23)cc1. The van der Waals surface area contributed by atoms with Crippen LogP contribution in [0.3, 0.4) is 0 Å². The molecule has 0 unspecified atom stereocenters. The van der Waals surface area contributed by atoms with E-state index in [9.17, 15) is 0 Å². The van der Waals surface area contributed by atoms with Crippen molar-refractivity contribution in [3.05, 3.63) is 194 Å². The number of para-hydroxylation sites is 2. The molecule has 1 heterocycles. The molecule has 0 aliphatic rings. The van der Waals surface area contributed by atoms with Crippen molar-refractivity contribution in [1.82, 2.24) is 9.55 Å². The van der Waals surface area contributed by atoms with Crippen molar-refractivity contribution in [3.8, 4) is 50.2 Å². The second-order valence-corrected chi connectivity index (χ2v) is 13.8. The fourth-order valence-corrected chi connectivity index (χ4v) is 8.28. The van der Waals surface area contributed by atoms with E-state index in [0.29, 0.717) is 0 Å². The standard InChI is InChI=1S/C51H36N2/c1-2-49-52-47-21-10-11-22-48(47)53(49)40-30-27-38(28-31-40)51-44-19-9-8-18-43(44)50(37-25-23-35(24-26-37)34-13-4-3-5-14-34)45-32-29-39(33-46(45)51)42-20-12-16-36-15-6-7-17-41(36)42/h3-33H,2H2,1H3. The van der Waals surface area contributed by atoms with E-state index in [-0.39, 0.29) is 0 Å². The molecule has 0 bridgehead atoms. The molecule has 0 saturated heterocycles. The van der Waals surface area contributed by atoms with Crippen LogP contribution in [0.1, 0.15) is 12.7 Å². The number of rotatable bonds is 6. The lowest BCUT2D eigenvalue weighted by molar-refractivity contribution is 0.908. The molecule has 250 valence electrons. The van der Waals surface area contributed by atoms with Gasteiger partial charge in [0.25, 0.3) is 0 Å². The van der Waals surface area contributed by atoms with E-state index in [2.05, 4.69) is 200 Å². The first kappa shape index (κ1) is 31.0. The summed E-state index contributed by atoms with van der Waals surface area (Å²) in [7, 11) is 0. The molecule has 10 rings (SSSR count). The molecule has 53 heavy (non-hydrogen) atoms. The van der Waals surface area contributed by atoms with Crippen LogP contribution in [0.4, 0.5) is 0 Å². The van der Waals surface area contributed by atoms with Gasteiger partial charge in [0.05, 0.1) is 11.0 Å². The molecular formula is C51H36N2. The number of imidazole rings is 1. The molecule has 0 spiro atoms. The molecule has 0 radical (unpaired) electrons. The summed E-state index contributed by atoms with van der Waals surface area (Å²) in [5, 5.41) is 7.49. The molecule has 2 nitrogen and oxygen atoms in total. The lowest BCUT2D eigenvalue weighted by Gasteiger charge is -2.19. The van der Waals surface area contributed by atoms with Crippen molar-refractivity contribution in [1.29, 1.82) is 0 Å². The first-order valence-corrected chi connectivity index (χ1v) is 18.4. The Bertz CT molecular complexity index is 2950. The van der Waals surface area contributed by atoms with Crippen LogP contribution in [-0.4, -0.2) is 9.55 Å². The van der Waals surface area contributed by atoms with E-state index in [1.54, 1.807) is 0 Å². The van der Waals surface area contributed by atoms with Crippen LogP contribution in [0, 0.1) is 0 Å². The molecule has 0 N–H and O–H groups in total. The zero-order chi connectivity index (χ0) is 35.3. The fraction of sp³-hybridized carbons (Fsp3) is 0.0392. The highest BCUT2D eigenvalue weighted by Crippen LogP contribution is 2.45. The van der Waals surface area contributed by atoms with Crippen LogP contribution in [0.15, 0.2) is 188 Å². The Hall–Kier alpha value is -6.77. The normalized spacial score (nSPS) is 11.6. The monoisotopic (exact) mass is 676 g/mol.